The number of hydroxylamine groups is 1. The van der Waals surface area contributed by atoms with Crippen molar-refractivity contribution >= 4 is 22.4 Å². The molecule has 0 atom stereocenters. The summed E-state index contributed by atoms with van der Waals surface area (Å²) in [5.41, 5.74) is 11.1. The molecule has 0 aliphatic rings. The van der Waals surface area contributed by atoms with Crippen LogP contribution < -0.4 is 11.2 Å². The maximum absolute atomic E-state index is 8.80. The Morgan fingerprint density at radius 1 is 1.04 bits per heavy atom. The van der Waals surface area contributed by atoms with E-state index in [-0.39, 0.29) is 5.84 Å². The average Bonchev–Trinajstić information content (AvgIpc) is 3.18. The van der Waals surface area contributed by atoms with E-state index in [1.165, 1.54) is 0 Å². The SMILES string of the molecule is N=C(NO)c1ccc(-n2cc(-c3cnc(N)c4ccccc34)cn2)cc1. The number of anilines is 1. The van der Waals surface area contributed by atoms with Crippen LogP contribution in [0.15, 0.2) is 67.1 Å². The van der Waals surface area contributed by atoms with Crippen molar-refractivity contribution in [2.24, 2.45) is 0 Å². The van der Waals surface area contributed by atoms with Gasteiger partial charge in [-0.1, -0.05) is 24.3 Å². The molecule has 2 aromatic heterocycles. The molecule has 128 valence electrons. The molecule has 2 heterocycles. The topological polar surface area (TPSA) is 113 Å². The van der Waals surface area contributed by atoms with Crippen molar-refractivity contribution in [2.75, 3.05) is 5.73 Å². The summed E-state index contributed by atoms with van der Waals surface area (Å²) in [6, 6.07) is 15.0. The molecule has 4 aromatic rings. The van der Waals surface area contributed by atoms with Crippen molar-refractivity contribution in [3.05, 3.63) is 72.7 Å². The number of nitrogens with one attached hydrogen (secondary N) is 2. The summed E-state index contributed by atoms with van der Waals surface area (Å²) >= 11 is 0. The lowest BCUT2D eigenvalue weighted by atomic mass is 10.0. The Bertz CT molecular complexity index is 1100. The van der Waals surface area contributed by atoms with Crippen LogP contribution in [0, 0.1) is 5.41 Å². The lowest BCUT2D eigenvalue weighted by Crippen LogP contribution is -2.18. The van der Waals surface area contributed by atoms with Crippen molar-refractivity contribution in [1.82, 2.24) is 20.2 Å². The largest absolute Gasteiger partial charge is 0.383 e. The molecule has 0 saturated heterocycles. The van der Waals surface area contributed by atoms with E-state index in [9.17, 15) is 0 Å². The van der Waals surface area contributed by atoms with Crippen molar-refractivity contribution in [3.8, 4) is 16.8 Å². The third-order valence-electron chi connectivity index (χ3n) is 4.25. The summed E-state index contributed by atoms with van der Waals surface area (Å²) in [6.45, 7) is 0. The number of benzene rings is 2. The van der Waals surface area contributed by atoms with Crippen LogP contribution in [0.4, 0.5) is 5.82 Å². The first kappa shape index (κ1) is 15.8. The standard InChI is InChI=1S/C19H16N6O/c20-18(24-26)12-5-7-14(8-6-12)25-11-13(9-23-25)17-10-22-19(21)16-4-2-1-3-15(16)17/h1-11,26H,(H2,20,24)(H2,21,22). The number of nitrogen functional groups attached to an aromatic ring is 1. The summed E-state index contributed by atoms with van der Waals surface area (Å²) in [7, 11) is 0. The van der Waals surface area contributed by atoms with Crippen LogP contribution in [0.1, 0.15) is 5.56 Å². The lowest BCUT2D eigenvalue weighted by Gasteiger charge is -2.06. The number of hydrogen-bond donors (Lipinski definition) is 4. The van der Waals surface area contributed by atoms with Crippen LogP contribution in [0.5, 0.6) is 0 Å². The predicted octanol–water partition coefficient (Wildman–Crippen LogP) is 2.97. The van der Waals surface area contributed by atoms with Crippen LogP contribution in [0.25, 0.3) is 27.6 Å². The molecule has 26 heavy (non-hydrogen) atoms. The van der Waals surface area contributed by atoms with E-state index in [1.54, 1.807) is 29.2 Å². The molecular formula is C19H16N6O. The van der Waals surface area contributed by atoms with Gasteiger partial charge in [0, 0.05) is 34.5 Å². The van der Waals surface area contributed by atoms with Crippen molar-refractivity contribution in [1.29, 1.82) is 5.41 Å². The zero-order valence-corrected chi connectivity index (χ0v) is 13.7. The molecule has 0 unspecified atom stereocenters. The summed E-state index contributed by atoms with van der Waals surface area (Å²) in [6.07, 6.45) is 5.46. The molecule has 2 aromatic carbocycles. The van der Waals surface area contributed by atoms with E-state index in [1.807, 2.05) is 48.1 Å². The van der Waals surface area contributed by atoms with E-state index < -0.39 is 0 Å². The highest BCUT2D eigenvalue weighted by Gasteiger charge is 2.10. The van der Waals surface area contributed by atoms with Gasteiger partial charge in [-0.05, 0) is 29.7 Å². The maximum Gasteiger partial charge on any atom is 0.149 e. The summed E-state index contributed by atoms with van der Waals surface area (Å²) in [5.74, 6) is 0.449. The predicted molar refractivity (Wildman–Crippen MR) is 100 cm³/mol. The molecule has 7 heteroatoms. The Balaban J connectivity index is 1.73. The van der Waals surface area contributed by atoms with Crippen LogP contribution >= 0.6 is 0 Å². The van der Waals surface area contributed by atoms with Crippen LogP contribution in [-0.2, 0) is 0 Å². The number of nitrogens with two attached hydrogens (primary N) is 1. The first-order chi connectivity index (χ1) is 12.7. The van der Waals surface area contributed by atoms with E-state index >= 15 is 0 Å². The first-order valence-electron chi connectivity index (χ1n) is 7.95. The van der Waals surface area contributed by atoms with Gasteiger partial charge in [0.1, 0.15) is 11.7 Å². The summed E-state index contributed by atoms with van der Waals surface area (Å²) in [4.78, 5) is 4.29. The third kappa shape index (κ3) is 2.66. The summed E-state index contributed by atoms with van der Waals surface area (Å²) < 4.78 is 1.75. The second kappa shape index (κ2) is 6.30. The van der Waals surface area contributed by atoms with E-state index in [4.69, 9.17) is 16.4 Å². The van der Waals surface area contributed by atoms with Crippen LogP contribution in [-0.4, -0.2) is 25.8 Å². The molecule has 4 rings (SSSR count). The molecular weight excluding hydrogens is 328 g/mol. The zero-order valence-electron chi connectivity index (χ0n) is 13.7. The van der Waals surface area contributed by atoms with Gasteiger partial charge in [0.2, 0.25) is 0 Å². The number of amidine groups is 1. The van der Waals surface area contributed by atoms with Gasteiger partial charge < -0.3 is 5.73 Å². The van der Waals surface area contributed by atoms with Gasteiger partial charge in [0.05, 0.1) is 11.9 Å². The molecule has 0 bridgehead atoms. The van der Waals surface area contributed by atoms with Gasteiger partial charge in [-0.3, -0.25) is 16.1 Å². The van der Waals surface area contributed by atoms with Gasteiger partial charge in [-0.2, -0.15) is 5.10 Å². The minimum absolute atomic E-state index is 0.0582. The maximum atomic E-state index is 8.80. The van der Waals surface area contributed by atoms with Gasteiger partial charge in [0.15, 0.2) is 0 Å². The van der Waals surface area contributed by atoms with Crippen molar-refractivity contribution in [3.63, 3.8) is 0 Å². The number of fused-ring (bicyclic) bond motifs is 1. The number of hydrogen-bond acceptors (Lipinski definition) is 5. The van der Waals surface area contributed by atoms with Crippen molar-refractivity contribution in [2.45, 2.75) is 0 Å². The summed E-state index contributed by atoms with van der Waals surface area (Å²) in [5, 5.41) is 22.7. The van der Waals surface area contributed by atoms with Gasteiger partial charge in [-0.15, -0.1) is 0 Å². The first-order valence-corrected chi connectivity index (χ1v) is 7.95. The Labute approximate surface area is 149 Å². The van der Waals surface area contributed by atoms with E-state index in [2.05, 4.69) is 10.1 Å². The van der Waals surface area contributed by atoms with Gasteiger partial charge in [-0.25, -0.2) is 9.67 Å². The molecule has 0 radical (unpaired) electrons. The lowest BCUT2D eigenvalue weighted by molar-refractivity contribution is 0.234. The number of nitrogens with zero attached hydrogens (tertiary/aromatic N) is 3. The fourth-order valence-electron chi connectivity index (χ4n) is 2.89. The monoisotopic (exact) mass is 344 g/mol. The van der Waals surface area contributed by atoms with E-state index in [0.29, 0.717) is 11.4 Å². The highest BCUT2D eigenvalue weighted by molar-refractivity contribution is 6.01. The van der Waals surface area contributed by atoms with Crippen LogP contribution in [0.2, 0.25) is 0 Å². The molecule has 5 N–H and O–H groups in total. The van der Waals surface area contributed by atoms with Crippen LogP contribution in [0.3, 0.4) is 0 Å². The van der Waals surface area contributed by atoms with Gasteiger partial charge in [0.25, 0.3) is 0 Å². The Morgan fingerprint density at radius 3 is 2.50 bits per heavy atom. The minimum atomic E-state index is -0.0582. The van der Waals surface area contributed by atoms with Gasteiger partial charge >= 0.3 is 0 Å². The minimum Gasteiger partial charge on any atom is -0.383 e. The highest BCUT2D eigenvalue weighted by Crippen LogP contribution is 2.30. The molecule has 7 nitrogen and oxygen atoms in total. The molecule has 0 aliphatic heterocycles. The molecule has 0 aliphatic carbocycles. The smallest absolute Gasteiger partial charge is 0.149 e. The molecule has 0 saturated carbocycles. The van der Waals surface area contributed by atoms with Crippen molar-refractivity contribution < 1.29 is 5.21 Å². The normalized spacial score (nSPS) is 10.8. The fraction of sp³-hybridized carbons (Fsp3) is 0. The quantitative estimate of drug-likeness (QED) is 0.259. The molecule has 0 spiro atoms. The molecule has 0 fully saturated rings. The number of aromatic nitrogens is 3. The number of rotatable bonds is 3. The Kier molecular flexibility index (Phi) is 3.83. The third-order valence-corrected chi connectivity index (χ3v) is 4.25. The molecule has 0 amide bonds. The Morgan fingerprint density at radius 2 is 1.77 bits per heavy atom. The highest BCUT2D eigenvalue weighted by atomic mass is 16.5. The number of pyridine rings is 1. The second-order valence-electron chi connectivity index (χ2n) is 5.81. The average molecular weight is 344 g/mol. The second-order valence-corrected chi connectivity index (χ2v) is 5.81. The fourth-order valence-corrected chi connectivity index (χ4v) is 2.89. The van der Waals surface area contributed by atoms with E-state index in [0.717, 1.165) is 27.6 Å². The zero-order chi connectivity index (χ0) is 18.1. The Hall–Kier alpha value is -3.71.